The Hall–Kier alpha value is -2.68. The van der Waals surface area contributed by atoms with E-state index in [9.17, 15) is 14.7 Å². The minimum Gasteiger partial charge on any atom is -0.506 e. The molecule has 1 aliphatic rings. The number of hydrogen-bond acceptors (Lipinski definition) is 6. The van der Waals surface area contributed by atoms with Crippen LogP contribution in [0.2, 0.25) is 0 Å². The van der Waals surface area contributed by atoms with Gasteiger partial charge in [0.05, 0.1) is 4.70 Å². The first-order valence-corrected chi connectivity index (χ1v) is 14.4. The number of nitrogens with zero attached hydrogens (tertiary/aromatic N) is 1. The van der Waals surface area contributed by atoms with Gasteiger partial charge in [0.15, 0.2) is 0 Å². The van der Waals surface area contributed by atoms with Crippen molar-refractivity contribution in [2.24, 2.45) is 0 Å². The quantitative estimate of drug-likeness (QED) is 0.255. The maximum absolute atomic E-state index is 12.4. The standard InChI is InChI=1S/C29H40N4O3S/c1-20(2)33(18-13-22-8-5-7-21-6-3-4-9-24(21)22)19-14-26(35)31-17-16-30-15-12-23-10-11-25(34)27-28(23)37-29(36)32-27/h5,7-8,10-11,20,30,34H,3-4,6,9,12-19H2,1-2H3,(H,31,35)(H,32,36). The third-order valence-corrected chi connectivity index (χ3v) is 8.31. The van der Waals surface area contributed by atoms with Crippen LogP contribution in [0, 0.1) is 0 Å². The summed E-state index contributed by atoms with van der Waals surface area (Å²) in [5.41, 5.74) is 6.13. The Balaban J connectivity index is 1.14. The number of aromatic nitrogens is 1. The van der Waals surface area contributed by atoms with Gasteiger partial charge in [0.25, 0.3) is 0 Å². The first-order chi connectivity index (χ1) is 17.9. The summed E-state index contributed by atoms with van der Waals surface area (Å²) >= 11 is 1.12. The average Bonchev–Trinajstić information content (AvgIpc) is 3.29. The maximum atomic E-state index is 12.4. The van der Waals surface area contributed by atoms with Gasteiger partial charge in [-0.2, -0.15) is 0 Å². The zero-order chi connectivity index (χ0) is 26.2. The van der Waals surface area contributed by atoms with Crippen LogP contribution in [0.1, 0.15) is 55.4 Å². The number of phenolic OH excluding ortho intramolecular Hbond substituents is 1. The molecule has 0 saturated carbocycles. The molecule has 1 heterocycles. The number of amides is 1. The van der Waals surface area contributed by atoms with Crippen molar-refractivity contribution < 1.29 is 9.90 Å². The molecule has 0 spiro atoms. The molecule has 1 amide bonds. The van der Waals surface area contributed by atoms with Crippen molar-refractivity contribution in [2.45, 2.75) is 64.8 Å². The van der Waals surface area contributed by atoms with Crippen LogP contribution in [-0.4, -0.2) is 59.7 Å². The van der Waals surface area contributed by atoms with Crippen LogP contribution in [0.15, 0.2) is 35.1 Å². The summed E-state index contributed by atoms with van der Waals surface area (Å²) in [5, 5.41) is 16.3. The van der Waals surface area contributed by atoms with E-state index < -0.39 is 0 Å². The number of hydrogen-bond donors (Lipinski definition) is 4. The number of nitrogens with one attached hydrogen (secondary N) is 3. The van der Waals surface area contributed by atoms with Crippen LogP contribution in [-0.2, 0) is 30.5 Å². The SMILES string of the molecule is CC(C)N(CCC(=O)NCCNCCc1ccc(O)c2[nH]c(=O)sc12)CCc1cccc2c1CCCC2. The molecule has 0 unspecified atom stereocenters. The van der Waals surface area contributed by atoms with E-state index in [1.807, 2.05) is 6.07 Å². The van der Waals surface area contributed by atoms with Crippen molar-refractivity contribution in [1.29, 1.82) is 0 Å². The van der Waals surface area contributed by atoms with Gasteiger partial charge >= 0.3 is 4.87 Å². The van der Waals surface area contributed by atoms with Crippen LogP contribution < -0.4 is 15.5 Å². The maximum Gasteiger partial charge on any atom is 0.305 e. The van der Waals surface area contributed by atoms with Gasteiger partial charge in [-0.3, -0.25) is 9.59 Å². The minimum atomic E-state index is -0.163. The van der Waals surface area contributed by atoms with Gasteiger partial charge in [-0.25, -0.2) is 0 Å². The highest BCUT2D eigenvalue weighted by molar-refractivity contribution is 7.16. The molecule has 0 bridgehead atoms. The molecule has 3 aromatic rings. The Morgan fingerprint density at radius 2 is 1.89 bits per heavy atom. The molecule has 4 rings (SSSR count). The molecule has 0 fully saturated rings. The number of carbonyl (C=O) groups is 1. The number of aromatic amines is 1. The summed E-state index contributed by atoms with van der Waals surface area (Å²) in [6, 6.07) is 10.7. The zero-order valence-electron chi connectivity index (χ0n) is 22.1. The summed E-state index contributed by atoms with van der Waals surface area (Å²) in [5.74, 6) is 0.185. The van der Waals surface area contributed by atoms with E-state index in [1.165, 1.54) is 36.8 Å². The third kappa shape index (κ3) is 7.43. The van der Waals surface area contributed by atoms with E-state index in [0.29, 0.717) is 31.1 Å². The molecule has 1 aromatic heterocycles. The highest BCUT2D eigenvalue weighted by Gasteiger charge is 2.16. The van der Waals surface area contributed by atoms with Crippen molar-refractivity contribution in [1.82, 2.24) is 20.5 Å². The van der Waals surface area contributed by atoms with Gasteiger partial charge in [-0.1, -0.05) is 35.6 Å². The van der Waals surface area contributed by atoms with Gasteiger partial charge in [-0.05, 0) is 87.2 Å². The largest absolute Gasteiger partial charge is 0.506 e. The van der Waals surface area contributed by atoms with Crippen LogP contribution in [0.25, 0.3) is 10.2 Å². The first-order valence-electron chi connectivity index (χ1n) is 13.6. The molecule has 2 aromatic carbocycles. The van der Waals surface area contributed by atoms with E-state index in [1.54, 1.807) is 11.6 Å². The van der Waals surface area contributed by atoms with Crippen molar-refractivity contribution >= 4 is 27.5 Å². The fourth-order valence-electron chi connectivity index (χ4n) is 5.23. The number of aromatic hydroxyl groups is 1. The number of fused-ring (bicyclic) bond motifs is 2. The Morgan fingerprint density at radius 3 is 2.73 bits per heavy atom. The average molecular weight is 525 g/mol. The van der Waals surface area contributed by atoms with Crippen molar-refractivity contribution in [3.05, 3.63) is 62.3 Å². The lowest BCUT2D eigenvalue weighted by molar-refractivity contribution is -0.121. The Bertz CT molecular complexity index is 1250. The van der Waals surface area contributed by atoms with Crippen molar-refractivity contribution in [2.75, 3.05) is 32.7 Å². The van der Waals surface area contributed by atoms with Crippen molar-refractivity contribution in [3.8, 4) is 5.75 Å². The molecule has 0 saturated heterocycles. The number of phenols is 1. The molecule has 8 heteroatoms. The van der Waals surface area contributed by atoms with Crippen LogP contribution >= 0.6 is 11.3 Å². The Labute approximate surface area is 223 Å². The summed E-state index contributed by atoms with van der Waals surface area (Å²) < 4.78 is 0.807. The second kappa shape index (κ2) is 13.2. The molecule has 37 heavy (non-hydrogen) atoms. The highest BCUT2D eigenvalue weighted by atomic mass is 32.1. The molecule has 0 radical (unpaired) electrons. The Morgan fingerprint density at radius 1 is 1.05 bits per heavy atom. The number of H-pyrrole nitrogens is 1. The zero-order valence-corrected chi connectivity index (χ0v) is 22.9. The monoisotopic (exact) mass is 524 g/mol. The van der Waals surface area contributed by atoms with Crippen LogP contribution in [0.3, 0.4) is 0 Å². The molecule has 7 nitrogen and oxygen atoms in total. The lowest BCUT2D eigenvalue weighted by atomic mass is 9.87. The third-order valence-electron chi connectivity index (χ3n) is 7.35. The molecule has 0 atom stereocenters. The summed E-state index contributed by atoms with van der Waals surface area (Å²) in [6.45, 7) is 8.15. The molecular weight excluding hydrogens is 484 g/mol. The van der Waals surface area contributed by atoms with E-state index in [2.05, 4.69) is 52.6 Å². The highest BCUT2D eigenvalue weighted by Crippen LogP contribution is 2.28. The van der Waals surface area contributed by atoms with E-state index in [-0.39, 0.29) is 16.5 Å². The second-order valence-electron chi connectivity index (χ2n) is 10.2. The Kier molecular flexibility index (Phi) is 9.77. The summed E-state index contributed by atoms with van der Waals surface area (Å²) in [7, 11) is 0. The normalized spacial score (nSPS) is 13.4. The van der Waals surface area contributed by atoms with Gasteiger partial charge in [-0.15, -0.1) is 0 Å². The van der Waals surface area contributed by atoms with Gasteiger partial charge < -0.3 is 25.6 Å². The summed E-state index contributed by atoms with van der Waals surface area (Å²) in [6.07, 6.45) is 7.30. The number of rotatable bonds is 13. The van der Waals surface area contributed by atoms with Crippen molar-refractivity contribution in [3.63, 3.8) is 0 Å². The van der Waals surface area contributed by atoms with Gasteiger partial charge in [0, 0.05) is 38.6 Å². The second-order valence-corrected chi connectivity index (χ2v) is 11.2. The molecular formula is C29H40N4O3S. The van der Waals surface area contributed by atoms with E-state index in [0.717, 1.165) is 54.1 Å². The molecule has 200 valence electrons. The van der Waals surface area contributed by atoms with Crippen LogP contribution in [0.4, 0.5) is 0 Å². The lowest BCUT2D eigenvalue weighted by Gasteiger charge is -2.27. The minimum absolute atomic E-state index is 0.0851. The van der Waals surface area contributed by atoms with E-state index >= 15 is 0 Å². The smallest absolute Gasteiger partial charge is 0.305 e. The fraction of sp³-hybridized carbons (Fsp3) is 0.517. The van der Waals surface area contributed by atoms with E-state index in [4.69, 9.17) is 0 Å². The lowest BCUT2D eigenvalue weighted by Crippen LogP contribution is -2.38. The fourth-order valence-corrected chi connectivity index (χ4v) is 6.13. The molecule has 0 aliphatic heterocycles. The number of benzene rings is 2. The number of thiazole rings is 1. The molecule has 4 N–H and O–H groups in total. The van der Waals surface area contributed by atoms with Crippen LogP contribution in [0.5, 0.6) is 5.75 Å². The molecule has 1 aliphatic carbocycles. The topological polar surface area (TPSA) is 97.5 Å². The summed E-state index contributed by atoms with van der Waals surface area (Å²) in [4.78, 5) is 29.0. The predicted molar refractivity (Wildman–Crippen MR) is 152 cm³/mol. The van der Waals surface area contributed by atoms with Gasteiger partial charge in [0.1, 0.15) is 11.3 Å². The number of aryl methyl sites for hydroxylation is 1. The predicted octanol–water partition coefficient (Wildman–Crippen LogP) is 3.77. The number of carbonyl (C=O) groups excluding carboxylic acids is 1. The van der Waals surface area contributed by atoms with Gasteiger partial charge in [0.2, 0.25) is 5.91 Å². The first kappa shape index (κ1) is 27.4.